The average molecular weight is 278 g/mol. The van der Waals surface area contributed by atoms with Gasteiger partial charge in [0.1, 0.15) is 12.4 Å². The molecule has 106 valence electrons. The maximum Gasteiger partial charge on any atom is 0.406 e. The van der Waals surface area contributed by atoms with Crippen molar-refractivity contribution in [2.24, 2.45) is 5.73 Å². The van der Waals surface area contributed by atoms with Crippen LogP contribution in [0, 0.1) is 12.7 Å². The molecule has 0 spiro atoms. The van der Waals surface area contributed by atoms with Gasteiger partial charge in [-0.25, -0.2) is 4.39 Å². The molecule has 0 atom stereocenters. The Hall–Kier alpha value is -1.63. The van der Waals surface area contributed by atoms with Crippen LogP contribution < -0.4 is 5.73 Å². The van der Waals surface area contributed by atoms with Crippen molar-refractivity contribution in [3.8, 4) is 0 Å². The molecule has 0 bridgehead atoms. The molecule has 0 aliphatic rings. The minimum Gasteiger partial charge on any atom is -0.329 e. The Balaban J connectivity index is 2.95. The van der Waals surface area contributed by atoms with Crippen LogP contribution >= 0.6 is 0 Å². The van der Waals surface area contributed by atoms with Crippen molar-refractivity contribution in [1.29, 1.82) is 0 Å². The van der Waals surface area contributed by atoms with Crippen LogP contribution in [0.5, 0.6) is 0 Å². The predicted octanol–water partition coefficient (Wildman–Crippen LogP) is 2.10. The van der Waals surface area contributed by atoms with Gasteiger partial charge in [0.05, 0.1) is 0 Å². The topological polar surface area (TPSA) is 46.3 Å². The number of halogens is 4. The number of nitrogens with two attached hydrogens (primary N) is 1. The molecule has 1 aromatic carbocycles. The van der Waals surface area contributed by atoms with E-state index in [0.717, 1.165) is 6.07 Å². The van der Waals surface area contributed by atoms with Crippen molar-refractivity contribution < 1.29 is 22.4 Å². The van der Waals surface area contributed by atoms with E-state index < -0.39 is 24.4 Å². The number of hydrogen-bond donors (Lipinski definition) is 1. The molecule has 1 aromatic rings. The summed E-state index contributed by atoms with van der Waals surface area (Å²) in [6.45, 7) is -0.251. The fourth-order valence-electron chi connectivity index (χ4n) is 1.53. The van der Waals surface area contributed by atoms with Crippen molar-refractivity contribution in [2.45, 2.75) is 13.1 Å². The average Bonchev–Trinajstić information content (AvgIpc) is 2.29. The van der Waals surface area contributed by atoms with Gasteiger partial charge < -0.3 is 10.6 Å². The first kappa shape index (κ1) is 15.4. The molecule has 2 N–H and O–H groups in total. The van der Waals surface area contributed by atoms with E-state index >= 15 is 0 Å². The number of nitrogens with zero attached hydrogens (tertiary/aromatic N) is 1. The quantitative estimate of drug-likeness (QED) is 0.857. The molecule has 1 rings (SSSR count). The smallest absolute Gasteiger partial charge is 0.329 e. The number of hydrogen-bond acceptors (Lipinski definition) is 2. The highest BCUT2D eigenvalue weighted by molar-refractivity contribution is 5.94. The third kappa shape index (κ3) is 4.51. The molecule has 0 aliphatic carbocycles. The summed E-state index contributed by atoms with van der Waals surface area (Å²) in [7, 11) is 0. The Bertz CT molecular complexity index is 460. The molecule has 0 aliphatic heterocycles. The van der Waals surface area contributed by atoms with Gasteiger partial charge in [-0.05, 0) is 24.6 Å². The molecular formula is C12H14F4N2O. The summed E-state index contributed by atoms with van der Waals surface area (Å²) < 4.78 is 50.3. The molecule has 0 fully saturated rings. The van der Waals surface area contributed by atoms with Crippen molar-refractivity contribution in [3.63, 3.8) is 0 Å². The SMILES string of the molecule is Cc1ccc(C(=O)N(CCN)CC(F)(F)F)cc1F. The normalized spacial score (nSPS) is 11.5. The van der Waals surface area contributed by atoms with Gasteiger partial charge in [-0.15, -0.1) is 0 Å². The van der Waals surface area contributed by atoms with Crippen molar-refractivity contribution in [2.75, 3.05) is 19.6 Å². The third-order valence-electron chi connectivity index (χ3n) is 2.48. The maximum absolute atomic E-state index is 13.3. The molecule has 0 aromatic heterocycles. The number of carbonyl (C=O) groups excluding carboxylic acids is 1. The number of aryl methyl sites for hydroxylation is 1. The van der Waals surface area contributed by atoms with Gasteiger partial charge in [0, 0.05) is 18.7 Å². The minimum absolute atomic E-state index is 0.101. The summed E-state index contributed by atoms with van der Waals surface area (Å²) in [6.07, 6.45) is -4.52. The molecular weight excluding hydrogens is 264 g/mol. The van der Waals surface area contributed by atoms with Gasteiger partial charge in [-0.3, -0.25) is 4.79 Å². The van der Waals surface area contributed by atoms with Crippen LogP contribution in [0.25, 0.3) is 0 Å². The largest absolute Gasteiger partial charge is 0.406 e. The van der Waals surface area contributed by atoms with Crippen LogP contribution in [0.1, 0.15) is 15.9 Å². The lowest BCUT2D eigenvalue weighted by atomic mass is 10.1. The number of carbonyl (C=O) groups is 1. The highest BCUT2D eigenvalue weighted by atomic mass is 19.4. The van der Waals surface area contributed by atoms with Crippen LogP contribution in [0.2, 0.25) is 0 Å². The van der Waals surface area contributed by atoms with E-state index in [1.54, 1.807) is 0 Å². The lowest BCUT2D eigenvalue weighted by molar-refractivity contribution is -0.140. The summed E-state index contributed by atoms with van der Waals surface area (Å²) in [5.41, 5.74) is 5.38. The molecule has 1 amide bonds. The highest BCUT2D eigenvalue weighted by Gasteiger charge is 2.33. The number of rotatable bonds is 4. The first-order valence-corrected chi connectivity index (χ1v) is 5.57. The second-order valence-electron chi connectivity index (χ2n) is 4.09. The van der Waals surface area contributed by atoms with Gasteiger partial charge in [0.2, 0.25) is 0 Å². The van der Waals surface area contributed by atoms with Gasteiger partial charge in [0.15, 0.2) is 0 Å². The van der Waals surface area contributed by atoms with Gasteiger partial charge >= 0.3 is 6.18 Å². The monoisotopic (exact) mass is 278 g/mol. The number of alkyl halides is 3. The van der Waals surface area contributed by atoms with Gasteiger partial charge in [-0.1, -0.05) is 6.07 Å². The zero-order valence-corrected chi connectivity index (χ0v) is 10.3. The first-order chi connectivity index (χ1) is 8.74. The van der Waals surface area contributed by atoms with Crippen LogP contribution in [0.15, 0.2) is 18.2 Å². The van der Waals surface area contributed by atoms with E-state index in [4.69, 9.17) is 5.73 Å². The summed E-state index contributed by atoms with van der Waals surface area (Å²) >= 11 is 0. The second-order valence-corrected chi connectivity index (χ2v) is 4.09. The summed E-state index contributed by atoms with van der Waals surface area (Å²) in [5.74, 6) is -1.52. The summed E-state index contributed by atoms with van der Waals surface area (Å²) in [6, 6.07) is 3.56. The Labute approximate surface area is 108 Å². The Morgan fingerprint density at radius 2 is 2.00 bits per heavy atom. The molecule has 0 radical (unpaired) electrons. The Morgan fingerprint density at radius 1 is 1.37 bits per heavy atom. The van der Waals surface area contributed by atoms with Crippen molar-refractivity contribution in [1.82, 2.24) is 4.90 Å². The molecule has 3 nitrogen and oxygen atoms in total. The minimum atomic E-state index is -4.52. The lowest BCUT2D eigenvalue weighted by Gasteiger charge is -2.23. The molecule has 0 heterocycles. The maximum atomic E-state index is 13.3. The van der Waals surface area contributed by atoms with E-state index in [2.05, 4.69) is 0 Å². The molecule has 0 saturated carbocycles. The summed E-state index contributed by atoms with van der Waals surface area (Å²) in [5, 5.41) is 0. The number of benzene rings is 1. The van der Waals surface area contributed by atoms with E-state index in [0.29, 0.717) is 10.5 Å². The van der Waals surface area contributed by atoms with Crippen LogP contribution in [0.3, 0.4) is 0 Å². The predicted molar refractivity (Wildman–Crippen MR) is 62.1 cm³/mol. The summed E-state index contributed by atoms with van der Waals surface area (Å²) in [4.78, 5) is 12.4. The Morgan fingerprint density at radius 3 is 2.47 bits per heavy atom. The third-order valence-corrected chi connectivity index (χ3v) is 2.48. The van der Waals surface area contributed by atoms with Crippen molar-refractivity contribution >= 4 is 5.91 Å². The molecule has 0 unspecified atom stereocenters. The second kappa shape index (κ2) is 6.01. The van der Waals surface area contributed by atoms with Crippen molar-refractivity contribution in [3.05, 3.63) is 35.1 Å². The van der Waals surface area contributed by atoms with E-state index in [1.807, 2.05) is 0 Å². The van der Waals surface area contributed by atoms with Crippen LogP contribution in [0.4, 0.5) is 17.6 Å². The highest BCUT2D eigenvalue weighted by Crippen LogP contribution is 2.18. The fourth-order valence-corrected chi connectivity index (χ4v) is 1.53. The first-order valence-electron chi connectivity index (χ1n) is 5.57. The Kier molecular flexibility index (Phi) is 4.88. The van der Waals surface area contributed by atoms with Gasteiger partial charge in [-0.2, -0.15) is 13.2 Å². The van der Waals surface area contributed by atoms with Gasteiger partial charge in [0.25, 0.3) is 5.91 Å². The standard InChI is InChI=1S/C12H14F4N2O/c1-8-2-3-9(6-10(8)13)11(19)18(5-4-17)7-12(14,15)16/h2-3,6H,4-5,7,17H2,1H3. The molecule has 7 heteroatoms. The zero-order chi connectivity index (χ0) is 14.6. The zero-order valence-electron chi connectivity index (χ0n) is 10.3. The molecule has 0 saturated heterocycles. The van der Waals surface area contributed by atoms with E-state index in [9.17, 15) is 22.4 Å². The molecule has 19 heavy (non-hydrogen) atoms. The fraction of sp³-hybridized carbons (Fsp3) is 0.417. The van der Waals surface area contributed by atoms with Crippen LogP contribution in [-0.4, -0.2) is 36.6 Å². The number of amides is 1. The lowest BCUT2D eigenvalue weighted by Crippen LogP contribution is -2.41. The van der Waals surface area contributed by atoms with Crippen LogP contribution in [-0.2, 0) is 0 Å². The van der Waals surface area contributed by atoms with E-state index in [1.165, 1.54) is 19.1 Å². The van der Waals surface area contributed by atoms with E-state index in [-0.39, 0.29) is 18.7 Å².